The molecule has 2 atom stereocenters. The van der Waals surface area contributed by atoms with Crippen molar-refractivity contribution in [3.05, 3.63) is 4.88 Å². The molecule has 2 unspecified atom stereocenters. The molecule has 2 rings (SSSR count). The second-order valence-electron chi connectivity index (χ2n) is 4.80. The van der Waals surface area contributed by atoms with Crippen LogP contribution in [0.15, 0.2) is 0 Å². The van der Waals surface area contributed by atoms with Crippen molar-refractivity contribution in [3.63, 3.8) is 0 Å². The SMILES string of the molecule is CC(NC(=O)c1sc(N2CCC(N)C2)nc1N)C(N)=O. The maximum Gasteiger partial charge on any atom is 0.265 e. The second kappa shape index (κ2) is 5.63. The first-order valence-electron chi connectivity index (χ1n) is 6.25. The minimum absolute atomic E-state index is 0.118. The van der Waals surface area contributed by atoms with Crippen LogP contribution in [0.2, 0.25) is 0 Å². The lowest BCUT2D eigenvalue weighted by Crippen LogP contribution is -2.42. The van der Waals surface area contributed by atoms with E-state index >= 15 is 0 Å². The predicted octanol–water partition coefficient (Wildman–Crippen LogP) is -1.13. The fraction of sp³-hybridized carbons (Fsp3) is 0.545. The number of anilines is 2. The van der Waals surface area contributed by atoms with Crippen molar-refractivity contribution in [1.82, 2.24) is 10.3 Å². The molecule has 2 amide bonds. The summed E-state index contributed by atoms with van der Waals surface area (Å²) in [6, 6.07) is -0.639. The van der Waals surface area contributed by atoms with Gasteiger partial charge in [-0.05, 0) is 13.3 Å². The van der Waals surface area contributed by atoms with Gasteiger partial charge in [-0.2, -0.15) is 0 Å². The number of hydrogen-bond acceptors (Lipinski definition) is 7. The van der Waals surface area contributed by atoms with Crippen LogP contribution in [0.5, 0.6) is 0 Å². The number of rotatable bonds is 4. The van der Waals surface area contributed by atoms with Crippen molar-refractivity contribution in [1.29, 1.82) is 0 Å². The fourth-order valence-corrected chi connectivity index (χ4v) is 2.84. The number of amides is 2. The van der Waals surface area contributed by atoms with Gasteiger partial charge in [0.2, 0.25) is 5.91 Å². The molecule has 1 fully saturated rings. The average Bonchev–Trinajstić information content (AvgIpc) is 2.95. The molecular formula is C11H18N6O2S. The predicted molar refractivity (Wildman–Crippen MR) is 77.5 cm³/mol. The Morgan fingerprint density at radius 1 is 1.55 bits per heavy atom. The van der Waals surface area contributed by atoms with Gasteiger partial charge < -0.3 is 27.4 Å². The summed E-state index contributed by atoms with van der Waals surface area (Å²) < 4.78 is 0. The summed E-state index contributed by atoms with van der Waals surface area (Å²) in [6.45, 7) is 3.01. The smallest absolute Gasteiger partial charge is 0.265 e. The van der Waals surface area contributed by atoms with Gasteiger partial charge in [-0.3, -0.25) is 9.59 Å². The minimum Gasteiger partial charge on any atom is -0.382 e. The largest absolute Gasteiger partial charge is 0.382 e. The zero-order valence-corrected chi connectivity index (χ0v) is 11.9. The van der Waals surface area contributed by atoms with E-state index in [-0.39, 0.29) is 16.7 Å². The molecule has 2 heterocycles. The molecular weight excluding hydrogens is 280 g/mol. The van der Waals surface area contributed by atoms with Crippen LogP contribution in [0.3, 0.4) is 0 Å². The van der Waals surface area contributed by atoms with Crippen molar-refractivity contribution in [2.75, 3.05) is 23.7 Å². The number of nitrogens with zero attached hydrogens (tertiary/aromatic N) is 2. The van der Waals surface area contributed by atoms with Gasteiger partial charge in [-0.25, -0.2) is 4.98 Å². The molecule has 1 aliphatic rings. The van der Waals surface area contributed by atoms with E-state index in [1.54, 1.807) is 0 Å². The molecule has 0 aliphatic carbocycles. The first-order chi connectivity index (χ1) is 9.38. The van der Waals surface area contributed by atoms with Crippen LogP contribution >= 0.6 is 11.3 Å². The third-order valence-electron chi connectivity index (χ3n) is 3.12. The van der Waals surface area contributed by atoms with Crippen LogP contribution < -0.4 is 27.4 Å². The lowest BCUT2D eigenvalue weighted by atomic mass is 10.3. The van der Waals surface area contributed by atoms with Gasteiger partial charge in [-0.1, -0.05) is 11.3 Å². The first kappa shape index (κ1) is 14.5. The van der Waals surface area contributed by atoms with Gasteiger partial charge in [0.05, 0.1) is 0 Å². The number of aromatic nitrogens is 1. The van der Waals surface area contributed by atoms with Crippen molar-refractivity contribution in [2.24, 2.45) is 11.5 Å². The molecule has 0 spiro atoms. The highest BCUT2D eigenvalue weighted by molar-refractivity contribution is 7.18. The quantitative estimate of drug-likeness (QED) is 0.554. The standard InChI is InChI=1S/C11H18N6O2S/c1-5(9(14)18)15-10(19)7-8(13)16-11(20-7)17-3-2-6(12)4-17/h5-6H,2-4,12-13H2,1H3,(H2,14,18)(H,15,19). The van der Waals surface area contributed by atoms with Gasteiger partial charge >= 0.3 is 0 Å². The Balaban J connectivity index is 2.11. The lowest BCUT2D eigenvalue weighted by molar-refractivity contribution is -0.119. The van der Waals surface area contributed by atoms with E-state index in [0.717, 1.165) is 13.0 Å². The fourth-order valence-electron chi connectivity index (χ4n) is 1.91. The Kier molecular flexibility index (Phi) is 4.09. The van der Waals surface area contributed by atoms with E-state index in [9.17, 15) is 9.59 Å². The summed E-state index contributed by atoms with van der Waals surface area (Å²) in [5, 5.41) is 3.16. The number of thiazole rings is 1. The number of nitrogens with two attached hydrogens (primary N) is 3. The third kappa shape index (κ3) is 2.99. The molecule has 8 nitrogen and oxygen atoms in total. The molecule has 9 heteroatoms. The van der Waals surface area contributed by atoms with Gasteiger partial charge in [0.25, 0.3) is 5.91 Å². The maximum absolute atomic E-state index is 12.0. The molecule has 7 N–H and O–H groups in total. The zero-order valence-electron chi connectivity index (χ0n) is 11.1. The van der Waals surface area contributed by atoms with Crippen molar-refractivity contribution in [3.8, 4) is 0 Å². The first-order valence-corrected chi connectivity index (χ1v) is 7.07. The van der Waals surface area contributed by atoms with E-state index < -0.39 is 17.9 Å². The highest BCUT2D eigenvalue weighted by atomic mass is 32.1. The van der Waals surface area contributed by atoms with Crippen molar-refractivity contribution < 1.29 is 9.59 Å². The highest BCUT2D eigenvalue weighted by Gasteiger charge is 2.25. The summed E-state index contributed by atoms with van der Waals surface area (Å²) in [4.78, 5) is 29.4. The van der Waals surface area contributed by atoms with Crippen LogP contribution in [0.1, 0.15) is 23.0 Å². The van der Waals surface area contributed by atoms with Gasteiger partial charge in [0.1, 0.15) is 16.7 Å². The van der Waals surface area contributed by atoms with Crippen molar-refractivity contribution in [2.45, 2.75) is 25.4 Å². The minimum atomic E-state index is -0.757. The van der Waals surface area contributed by atoms with E-state index in [1.807, 2.05) is 4.90 Å². The molecule has 1 saturated heterocycles. The van der Waals surface area contributed by atoms with E-state index in [2.05, 4.69) is 10.3 Å². The molecule has 1 aliphatic heterocycles. The Hall–Kier alpha value is -1.87. The Bertz CT molecular complexity index is 531. The normalized spacial score (nSPS) is 19.9. The summed E-state index contributed by atoms with van der Waals surface area (Å²) in [7, 11) is 0. The number of primary amides is 1. The molecule has 0 bridgehead atoms. The van der Waals surface area contributed by atoms with E-state index in [0.29, 0.717) is 11.7 Å². The molecule has 1 aromatic heterocycles. The maximum atomic E-state index is 12.0. The van der Waals surface area contributed by atoms with Gasteiger partial charge in [-0.15, -0.1) is 0 Å². The van der Waals surface area contributed by atoms with Crippen LogP contribution in [0.25, 0.3) is 0 Å². The van der Waals surface area contributed by atoms with Crippen molar-refractivity contribution >= 4 is 34.1 Å². The second-order valence-corrected chi connectivity index (χ2v) is 5.78. The number of nitrogen functional groups attached to an aromatic ring is 1. The summed E-state index contributed by atoms with van der Waals surface area (Å²) in [5.41, 5.74) is 16.7. The molecule has 1 aromatic rings. The Morgan fingerprint density at radius 3 is 2.80 bits per heavy atom. The van der Waals surface area contributed by atoms with E-state index in [1.165, 1.54) is 18.3 Å². The number of hydrogen-bond donors (Lipinski definition) is 4. The lowest BCUT2D eigenvalue weighted by Gasteiger charge is -2.13. The molecule has 0 radical (unpaired) electrons. The Morgan fingerprint density at radius 2 is 2.25 bits per heavy atom. The molecule has 110 valence electrons. The Labute approximate surface area is 120 Å². The summed E-state index contributed by atoms with van der Waals surface area (Å²) in [6.07, 6.45) is 0.889. The number of carbonyl (C=O) groups is 2. The molecule has 0 saturated carbocycles. The zero-order chi connectivity index (χ0) is 14.9. The summed E-state index contributed by atoms with van der Waals surface area (Å²) >= 11 is 1.19. The topological polar surface area (TPSA) is 140 Å². The van der Waals surface area contributed by atoms with Crippen LogP contribution in [-0.4, -0.2) is 42.0 Å². The van der Waals surface area contributed by atoms with Crippen LogP contribution in [-0.2, 0) is 4.79 Å². The van der Waals surface area contributed by atoms with Crippen LogP contribution in [0.4, 0.5) is 10.9 Å². The van der Waals surface area contributed by atoms with E-state index in [4.69, 9.17) is 17.2 Å². The van der Waals surface area contributed by atoms with Crippen LogP contribution in [0, 0.1) is 0 Å². The molecule has 0 aromatic carbocycles. The summed E-state index contributed by atoms with van der Waals surface area (Å²) in [5.74, 6) is -0.895. The average molecular weight is 298 g/mol. The molecule has 20 heavy (non-hydrogen) atoms. The highest BCUT2D eigenvalue weighted by Crippen LogP contribution is 2.30. The monoisotopic (exact) mass is 298 g/mol. The van der Waals surface area contributed by atoms with Gasteiger partial charge in [0.15, 0.2) is 5.13 Å². The number of nitrogens with one attached hydrogen (secondary N) is 1. The van der Waals surface area contributed by atoms with Gasteiger partial charge in [0, 0.05) is 19.1 Å². The third-order valence-corrected chi connectivity index (χ3v) is 4.25. The number of carbonyl (C=O) groups excluding carboxylic acids is 2.